The molecule has 6 nitrogen and oxygen atoms in total. The number of amides is 1. The molecule has 1 fully saturated rings. The molecule has 2 aromatic rings. The third-order valence-electron chi connectivity index (χ3n) is 4.59. The first-order valence-electron chi connectivity index (χ1n) is 8.71. The normalized spacial score (nSPS) is 15.9. The second-order valence-electron chi connectivity index (χ2n) is 6.35. The van der Waals surface area contributed by atoms with Crippen LogP contribution in [0.25, 0.3) is 0 Å². The van der Waals surface area contributed by atoms with Crippen molar-refractivity contribution in [3.63, 3.8) is 0 Å². The molecule has 0 unspecified atom stereocenters. The van der Waals surface area contributed by atoms with E-state index in [2.05, 4.69) is 0 Å². The smallest absolute Gasteiger partial charge is 0.257 e. The second-order valence-corrected chi connectivity index (χ2v) is 8.29. The molecule has 0 bridgehead atoms. The highest BCUT2D eigenvalue weighted by Gasteiger charge is 2.29. The van der Waals surface area contributed by atoms with E-state index in [0.717, 1.165) is 18.2 Å². The Balaban J connectivity index is 1.77. The van der Waals surface area contributed by atoms with Crippen molar-refractivity contribution in [2.75, 3.05) is 33.3 Å². The number of benzene rings is 2. The van der Waals surface area contributed by atoms with Gasteiger partial charge in [0.05, 0.1) is 17.6 Å². The number of halogens is 2. The van der Waals surface area contributed by atoms with E-state index in [-0.39, 0.29) is 35.8 Å². The van der Waals surface area contributed by atoms with Gasteiger partial charge < -0.3 is 9.64 Å². The molecular formula is C19H20F2N2O4S. The maximum Gasteiger partial charge on any atom is 0.257 e. The van der Waals surface area contributed by atoms with Crippen molar-refractivity contribution < 1.29 is 26.7 Å². The Morgan fingerprint density at radius 2 is 1.64 bits per heavy atom. The molecule has 0 aromatic heterocycles. The Kier molecular flexibility index (Phi) is 5.95. The van der Waals surface area contributed by atoms with E-state index in [9.17, 15) is 22.0 Å². The number of carbonyl (C=O) groups is 1. The molecule has 150 valence electrons. The van der Waals surface area contributed by atoms with E-state index in [1.165, 1.54) is 40.6 Å². The fraction of sp³-hybridized carbons (Fsp3) is 0.316. The van der Waals surface area contributed by atoms with Crippen LogP contribution in [0.15, 0.2) is 47.4 Å². The monoisotopic (exact) mass is 410 g/mol. The Bertz CT molecular complexity index is 964. The minimum atomic E-state index is -3.79. The largest absolute Gasteiger partial charge is 0.496 e. The Morgan fingerprint density at radius 1 is 0.964 bits per heavy atom. The molecule has 0 N–H and O–H groups in total. The van der Waals surface area contributed by atoms with Crippen LogP contribution in [0.5, 0.6) is 5.75 Å². The molecule has 0 aliphatic carbocycles. The zero-order valence-corrected chi connectivity index (χ0v) is 16.1. The summed E-state index contributed by atoms with van der Waals surface area (Å²) < 4.78 is 58.6. The number of sulfonamides is 1. The lowest BCUT2D eigenvalue weighted by Crippen LogP contribution is -2.37. The lowest BCUT2D eigenvalue weighted by Gasteiger charge is -2.22. The molecular weight excluding hydrogens is 390 g/mol. The second kappa shape index (κ2) is 8.24. The summed E-state index contributed by atoms with van der Waals surface area (Å²) in [6, 6.07) is 8.32. The topological polar surface area (TPSA) is 66.9 Å². The van der Waals surface area contributed by atoms with Crippen molar-refractivity contribution in [1.29, 1.82) is 0 Å². The molecule has 1 aliphatic rings. The molecule has 1 saturated heterocycles. The molecule has 0 spiro atoms. The number of carbonyl (C=O) groups excluding carboxylic acids is 1. The number of hydrogen-bond donors (Lipinski definition) is 0. The van der Waals surface area contributed by atoms with Crippen LogP contribution < -0.4 is 4.74 Å². The van der Waals surface area contributed by atoms with E-state index in [1.807, 2.05) is 0 Å². The highest BCUT2D eigenvalue weighted by atomic mass is 32.2. The maximum absolute atomic E-state index is 13.6. The maximum atomic E-state index is 13.6. The van der Waals surface area contributed by atoms with Gasteiger partial charge in [-0.05, 0) is 48.9 Å². The average Bonchev–Trinajstić information content (AvgIpc) is 2.94. The molecule has 1 heterocycles. The van der Waals surface area contributed by atoms with Gasteiger partial charge >= 0.3 is 0 Å². The summed E-state index contributed by atoms with van der Waals surface area (Å²) in [5.74, 6) is -1.24. The first-order chi connectivity index (χ1) is 13.3. The Hall–Kier alpha value is -2.52. The van der Waals surface area contributed by atoms with E-state index in [1.54, 1.807) is 0 Å². The van der Waals surface area contributed by atoms with Gasteiger partial charge in [-0.1, -0.05) is 0 Å². The summed E-state index contributed by atoms with van der Waals surface area (Å²) in [6.45, 7) is 0.791. The predicted octanol–water partition coefficient (Wildman–Crippen LogP) is 2.51. The summed E-state index contributed by atoms with van der Waals surface area (Å²) in [5.41, 5.74) is 0.0948. The summed E-state index contributed by atoms with van der Waals surface area (Å²) in [6.07, 6.45) is 0.420. The number of rotatable bonds is 4. The van der Waals surface area contributed by atoms with Crippen molar-refractivity contribution >= 4 is 15.9 Å². The molecule has 28 heavy (non-hydrogen) atoms. The molecule has 2 aromatic carbocycles. The first-order valence-corrected chi connectivity index (χ1v) is 10.2. The minimum absolute atomic E-state index is 0.000441. The molecule has 0 atom stereocenters. The van der Waals surface area contributed by atoms with Gasteiger partial charge in [-0.25, -0.2) is 17.2 Å². The fourth-order valence-electron chi connectivity index (χ4n) is 3.11. The highest BCUT2D eigenvalue weighted by molar-refractivity contribution is 7.89. The highest BCUT2D eigenvalue weighted by Crippen LogP contribution is 2.23. The summed E-state index contributed by atoms with van der Waals surface area (Å²) in [7, 11) is -2.40. The van der Waals surface area contributed by atoms with E-state index in [0.29, 0.717) is 13.0 Å². The minimum Gasteiger partial charge on any atom is -0.496 e. The molecule has 3 rings (SSSR count). The summed E-state index contributed by atoms with van der Waals surface area (Å²) in [4.78, 5) is 14.3. The molecule has 0 radical (unpaired) electrons. The van der Waals surface area contributed by atoms with Gasteiger partial charge in [-0.3, -0.25) is 4.79 Å². The number of methoxy groups -OCH3 is 1. The van der Waals surface area contributed by atoms with Crippen molar-refractivity contribution in [2.45, 2.75) is 11.3 Å². The average molecular weight is 410 g/mol. The van der Waals surface area contributed by atoms with E-state index >= 15 is 0 Å². The molecule has 1 amide bonds. The van der Waals surface area contributed by atoms with Crippen LogP contribution in [-0.2, 0) is 10.0 Å². The van der Waals surface area contributed by atoms with Gasteiger partial charge in [0.1, 0.15) is 17.4 Å². The molecule has 1 aliphatic heterocycles. The van der Waals surface area contributed by atoms with Crippen LogP contribution >= 0.6 is 0 Å². The molecule has 0 saturated carbocycles. The van der Waals surface area contributed by atoms with Gasteiger partial charge in [-0.2, -0.15) is 4.31 Å². The Morgan fingerprint density at radius 3 is 2.32 bits per heavy atom. The van der Waals surface area contributed by atoms with Crippen LogP contribution in [0, 0.1) is 11.6 Å². The van der Waals surface area contributed by atoms with E-state index in [4.69, 9.17) is 4.74 Å². The van der Waals surface area contributed by atoms with Crippen LogP contribution in [0.3, 0.4) is 0 Å². The quantitative estimate of drug-likeness (QED) is 0.777. The van der Waals surface area contributed by atoms with Gasteiger partial charge in [0.25, 0.3) is 5.91 Å². The van der Waals surface area contributed by atoms with Gasteiger partial charge in [0.15, 0.2) is 0 Å². The van der Waals surface area contributed by atoms with Crippen molar-refractivity contribution in [2.24, 2.45) is 0 Å². The van der Waals surface area contributed by atoms with Crippen molar-refractivity contribution in [1.82, 2.24) is 9.21 Å². The van der Waals surface area contributed by atoms with Crippen molar-refractivity contribution in [3.8, 4) is 5.75 Å². The van der Waals surface area contributed by atoms with Crippen LogP contribution in [0.1, 0.15) is 16.8 Å². The summed E-state index contributed by atoms with van der Waals surface area (Å²) in [5, 5.41) is 0. The van der Waals surface area contributed by atoms with Gasteiger partial charge in [-0.15, -0.1) is 0 Å². The Labute approximate surface area is 162 Å². The zero-order valence-electron chi connectivity index (χ0n) is 15.3. The SMILES string of the molecule is COc1ccc(F)cc1C(=O)N1CCCN(S(=O)(=O)c2ccc(F)cc2)CC1. The van der Waals surface area contributed by atoms with Crippen LogP contribution in [0.2, 0.25) is 0 Å². The predicted molar refractivity (Wildman–Crippen MR) is 98.6 cm³/mol. The standard InChI is InChI=1S/C19H20F2N2O4S/c1-27-18-8-5-15(21)13-17(18)19(24)22-9-2-10-23(12-11-22)28(25,26)16-6-3-14(20)4-7-16/h3-8,13H,2,9-12H2,1H3. The molecule has 9 heteroatoms. The summed E-state index contributed by atoms with van der Waals surface area (Å²) >= 11 is 0. The fourth-order valence-corrected chi connectivity index (χ4v) is 4.58. The van der Waals surface area contributed by atoms with Gasteiger partial charge in [0, 0.05) is 26.2 Å². The third kappa shape index (κ3) is 4.15. The van der Waals surface area contributed by atoms with Crippen molar-refractivity contribution in [3.05, 3.63) is 59.7 Å². The van der Waals surface area contributed by atoms with Crippen LogP contribution in [-0.4, -0.2) is 56.8 Å². The lowest BCUT2D eigenvalue weighted by molar-refractivity contribution is 0.0760. The van der Waals surface area contributed by atoms with E-state index < -0.39 is 27.6 Å². The van der Waals surface area contributed by atoms with Gasteiger partial charge in [0.2, 0.25) is 10.0 Å². The first kappa shape index (κ1) is 20.2. The lowest BCUT2D eigenvalue weighted by atomic mass is 10.1. The number of nitrogens with zero attached hydrogens (tertiary/aromatic N) is 2. The zero-order chi connectivity index (χ0) is 20.3. The third-order valence-corrected chi connectivity index (χ3v) is 6.50. The number of ether oxygens (including phenoxy) is 1. The number of hydrogen-bond acceptors (Lipinski definition) is 4. The van der Waals surface area contributed by atoms with Crippen LogP contribution in [0.4, 0.5) is 8.78 Å².